The van der Waals surface area contributed by atoms with Crippen LogP contribution in [-0.2, 0) is 0 Å². The number of halogens is 2. The highest BCUT2D eigenvalue weighted by Crippen LogP contribution is 2.27. The van der Waals surface area contributed by atoms with Crippen molar-refractivity contribution >= 4 is 45.1 Å². The molecule has 2 unspecified atom stereocenters. The van der Waals surface area contributed by atoms with Crippen LogP contribution in [0.2, 0.25) is 0 Å². The molecule has 1 amide bonds. The standard InChI is InChI=1S/C14H17BrN4O.ClH/c1-8-4-9(6-16)7-19(8)14(20)13-11-5-10(15)2-3-12(11)17-18-13;/h2-3,5,8-9H,4,6-7,16H2,1H3,(H,17,18);1H. The lowest BCUT2D eigenvalue weighted by Crippen LogP contribution is -2.34. The van der Waals surface area contributed by atoms with Gasteiger partial charge in [-0.25, -0.2) is 0 Å². The Labute approximate surface area is 137 Å². The summed E-state index contributed by atoms with van der Waals surface area (Å²) in [7, 11) is 0. The quantitative estimate of drug-likeness (QED) is 0.849. The van der Waals surface area contributed by atoms with Gasteiger partial charge in [0.25, 0.3) is 5.91 Å². The van der Waals surface area contributed by atoms with Crippen LogP contribution in [-0.4, -0.2) is 40.1 Å². The van der Waals surface area contributed by atoms with Gasteiger partial charge in [0.1, 0.15) is 0 Å². The van der Waals surface area contributed by atoms with Gasteiger partial charge in [-0.3, -0.25) is 9.89 Å². The number of nitrogens with one attached hydrogen (secondary N) is 1. The third-order valence-electron chi connectivity index (χ3n) is 3.98. The van der Waals surface area contributed by atoms with Gasteiger partial charge in [-0.2, -0.15) is 5.10 Å². The van der Waals surface area contributed by atoms with E-state index in [1.165, 1.54) is 0 Å². The summed E-state index contributed by atoms with van der Waals surface area (Å²) in [5.74, 6) is 0.378. The minimum absolute atomic E-state index is 0. The normalized spacial score (nSPS) is 21.6. The smallest absolute Gasteiger partial charge is 0.275 e. The first kappa shape index (κ1) is 16.3. The molecule has 0 spiro atoms. The van der Waals surface area contributed by atoms with Crippen molar-refractivity contribution in [2.24, 2.45) is 11.7 Å². The Morgan fingerprint density at radius 2 is 2.33 bits per heavy atom. The van der Waals surface area contributed by atoms with Gasteiger partial charge in [-0.15, -0.1) is 12.4 Å². The van der Waals surface area contributed by atoms with Gasteiger partial charge < -0.3 is 10.6 Å². The number of aromatic amines is 1. The number of nitrogens with two attached hydrogens (primary N) is 1. The number of fused-ring (bicyclic) bond motifs is 1. The molecule has 7 heteroatoms. The Morgan fingerprint density at radius 3 is 3.00 bits per heavy atom. The lowest BCUT2D eigenvalue weighted by Gasteiger charge is -2.20. The fourth-order valence-electron chi connectivity index (χ4n) is 2.88. The number of hydrogen-bond donors (Lipinski definition) is 2. The highest BCUT2D eigenvalue weighted by Gasteiger charge is 2.33. The zero-order chi connectivity index (χ0) is 14.3. The molecule has 0 radical (unpaired) electrons. The van der Waals surface area contributed by atoms with Gasteiger partial charge in [0, 0.05) is 22.4 Å². The van der Waals surface area contributed by atoms with Gasteiger partial charge >= 0.3 is 0 Å². The molecule has 1 aliphatic rings. The molecule has 1 fully saturated rings. The van der Waals surface area contributed by atoms with Crippen LogP contribution in [0.3, 0.4) is 0 Å². The van der Waals surface area contributed by atoms with E-state index in [2.05, 4.69) is 33.1 Å². The summed E-state index contributed by atoms with van der Waals surface area (Å²) in [4.78, 5) is 14.6. The van der Waals surface area contributed by atoms with Crippen molar-refractivity contribution in [2.75, 3.05) is 13.1 Å². The molecule has 1 aliphatic heterocycles. The minimum atomic E-state index is -0.0159. The van der Waals surface area contributed by atoms with Crippen LogP contribution in [0, 0.1) is 5.92 Å². The fraction of sp³-hybridized carbons (Fsp3) is 0.429. The van der Waals surface area contributed by atoms with Crippen molar-refractivity contribution in [3.63, 3.8) is 0 Å². The van der Waals surface area contributed by atoms with E-state index in [0.717, 1.165) is 28.3 Å². The number of aromatic nitrogens is 2. The number of hydrogen-bond acceptors (Lipinski definition) is 3. The number of benzene rings is 1. The van der Waals surface area contributed by atoms with E-state index in [-0.39, 0.29) is 24.4 Å². The Kier molecular flexibility index (Phi) is 4.91. The van der Waals surface area contributed by atoms with E-state index in [4.69, 9.17) is 5.73 Å². The van der Waals surface area contributed by atoms with Crippen LogP contribution in [0.5, 0.6) is 0 Å². The van der Waals surface area contributed by atoms with Gasteiger partial charge in [0.15, 0.2) is 5.69 Å². The van der Waals surface area contributed by atoms with Crippen LogP contribution in [0.1, 0.15) is 23.8 Å². The van der Waals surface area contributed by atoms with Crippen molar-refractivity contribution in [3.8, 4) is 0 Å². The van der Waals surface area contributed by atoms with Gasteiger partial charge in [-0.1, -0.05) is 15.9 Å². The number of carbonyl (C=O) groups excluding carboxylic acids is 1. The first-order valence-electron chi connectivity index (χ1n) is 6.74. The number of rotatable bonds is 2. The summed E-state index contributed by atoms with van der Waals surface area (Å²) in [5, 5.41) is 7.97. The summed E-state index contributed by atoms with van der Waals surface area (Å²) in [6.45, 7) is 3.41. The highest BCUT2D eigenvalue weighted by atomic mass is 79.9. The van der Waals surface area contributed by atoms with Crippen LogP contribution in [0.15, 0.2) is 22.7 Å². The van der Waals surface area contributed by atoms with Crippen LogP contribution in [0.4, 0.5) is 0 Å². The SMILES string of the molecule is CC1CC(CN)CN1C(=O)c1n[nH]c2ccc(Br)cc12.Cl. The van der Waals surface area contributed by atoms with Crippen LogP contribution < -0.4 is 5.73 Å². The lowest BCUT2D eigenvalue weighted by atomic mass is 10.1. The topological polar surface area (TPSA) is 75.0 Å². The van der Waals surface area contributed by atoms with E-state index in [1.54, 1.807) is 0 Å². The molecule has 3 N–H and O–H groups in total. The van der Waals surface area contributed by atoms with Crippen molar-refractivity contribution in [1.29, 1.82) is 0 Å². The van der Waals surface area contributed by atoms with E-state index in [1.807, 2.05) is 23.1 Å². The second kappa shape index (κ2) is 6.34. The van der Waals surface area contributed by atoms with Crippen molar-refractivity contribution < 1.29 is 4.79 Å². The largest absolute Gasteiger partial charge is 0.334 e. The molecule has 0 saturated carbocycles. The first-order chi connectivity index (χ1) is 9.60. The third kappa shape index (κ3) is 2.93. The number of nitrogens with zero attached hydrogens (tertiary/aromatic N) is 2. The predicted octanol–water partition coefficient (Wildman–Crippen LogP) is 2.56. The molecule has 0 aliphatic carbocycles. The number of likely N-dealkylation sites (tertiary alicyclic amines) is 1. The molecular formula is C14H18BrClN4O. The summed E-state index contributed by atoms with van der Waals surface area (Å²) in [6, 6.07) is 5.99. The van der Waals surface area contributed by atoms with E-state index in [9.17, 15) is 4.79 Å². The molecule has 21 heavy (non-hydrogen) atoms. The Hall–Kier alpha value is -1.11. The Bertz CT molecular complexity index is 659. The second-order valence-electron chi connectivity index (χ2n) is 5.41. The van der Waals surface area contributed by atoms with Gasteiger partial charge in [0.2, 0.25) is 0 Å². The first-order valence-corrected chi connectivity index (χ1v) is 7.54. The molecule has 0 bridgehead atoms. The molecule has 1 aromatic carbocycles. The third-order valence-corrected chi connectivity index (χ3v) is 4.48. The summed E-state index contributed by atoms with van der Waals surface area (Å²) >= 11 is 3.43. The molecule has 2 atom stereocenters. The lowest BCUT2D eigenvalue weighted by molar-refractivity contribution is 0.0739. The molecule has 1 aromatic heterocycles. The average Bonchev–Trinajstić information content (AvgIpc) is 3.01. The Morgan fingerprint density at radius 1 is 1.57 bits per heavy atom. The number of carbonyl (C=O) groups is 1. The van der Waals surface area contributed by atoms with Gasteiger partial charge in [0.05, 0.1) is 5.52 Å². The Balaban J connectivity index is 0.00000161. The molecule has 3 rings (SSSR count). The number of H-pyrrole nitrogens is 1. The molecule has 2 heterocycles. The molecule has 2 aromatic rings. The van der Waals surface area contributed by atoms with Crippen molar-refractivity contribution in [1.82, 2.24) is 15.1 Å². The highest BCUT2D eigenvalue weighted by molar-refractivity contribution is 9.10. The van der Waals surface area contributed by atoms with Crippen molar-refractivity contribution in [3.05, 3.63) is 28.4 Å². The van der Waals surface area contributed by atoms with Crippen LogP contribution in [0.25, 0.3) is 10.9 Å². The summed E-state index contributed by atoms with van der Waals surface area (Å²) in [5.41, 5.74) is 7.09. The molecular weight excluding hydrogens is 356 g/mol. The average molecular weight is 374 g/mol. The monoisotopic (exact) mass is 372 g/mol. The number of amides is 1. The summed E-state index contributed by atoms with van der Waals surface area (Å²) in [6.07, 6.45) is 0.967. The van der Waals surface area contributed by atoms with Gasteiger partial charge in [-0.05, 0) is 44.0 Å². The van der Waals surface area contributed by atoms with E-state index < -0.39 is 0 Å². The van der Waals surface area contributed by atoms with Crippen LogP contribution >= 0.6 is 28.3 Å². The zero-order valence-corrected chi connectivity index (χ0v) is 14.1. The van der Waals surface area contributed by atoms with Crippen molar-refractivity contribution in [2.45, 2.75) is 19.4 Å². The maximum Gasteiger partial charge on any atom is 0.275 e. The molecule has 5 nitrogen and oxygen atoms in total. The summed E-state index contributed by atoms with van der Waals surface area (Å²) < 4.78 is 0.940. The predicted molar refractivity (Wildman–Crippen MR) is 88.7 cm³/mol. The molecule has 114 valence electrons. The van der Waals surface area contributed by atoms with E-state index >= 15 is 0 Å². The molecule has 1 saturated heterocycles. The maximum absolute atomic E-state index is 12.7. The fourth-order valence-corrected chi connectivity index (χ4v) is 3.24. The minimum Gasteiger partial charge on any atom is -0.334 e. The zero-order valence-electron chi connectivity index (χ0n) is 11.7. The maximum atomic E-state index is 12.7. The second-order valence-corrected chi connectivity index (χ2v) is 6.32. The van der Waals surface area contributed by atoms with E-state index in [0.29, 0.717) is 18.2 Å².